The average Bonchev–Trinajstić information content (AvgIpc) is 3.66. The molecule has 0 radical (unpaired) electrons. The van der Waals surface area contributed by atoms with Crippen molar-refractivity contribution in [2.24, 2.45) is 47.3 Å². The SMILES string of the molecule is CC(C)[Si](OC1C2CC3C(=C4C5CC6C4CC5C6O[Si](C(C)C)(C(C)C)C(C)C)C2CC31)(C(C)C)C(C)C. The van der Waals surface area contributed by atoms with Gasteiger partial charge in [-0.15, -0.1) is 0 Å². The molecule has 8 aliphatic rings. The maximum atomic E-state index is 7.52. The van der Waals surface area contributed by atoms with Crippen LogP contribution >= 0.6 is 0 Å². The summed E-state index contributed by atoms with van der Waals surface area (Å²) in [6.45, 7) is 29.6. The number of rotatable bonds is 10. The Morgan fingerprint density at radius 2 is 0.632 bits per heavy atom. The maximum absolute atomic E-state index is 7.52. The lowest BCUT2D eigenvalue weighted by Gasteiger charge is -2.46. The van der Waals surface area contributed by atoms with Crippen molar-refractivity contribution >= 4 is 16.6 Å². The Hall–Kier alpha value is 0.0938. The summed E-state index contributed by atoms with van der Waals surface area (Å²) >= 11 is 0. The molecular weight excluding hydrogens is 497 g/mol. The fraction of sp³-hybridized carbons (Fsp3) is 0.941. The Morgan fingerprint density at radius 3 is 0.816 bits per heavy atom. The molecule has 0 N–H and O–H groups in total. The third kappa shape index (κ3) is 3.41. The van der Waals surface area contributed by atoms with Crippen molar-refractivity contribution in [1.29, 1.82) is 0 Å². The highest BCUT2D eigenvalue weighted by Gasteiger charge is 2.70. The summed E-state index contributed by atoms with van der Waals surface area (Å²) in [6.07, 6.45) is 6.97. The minimum atomic E-state index is -1.81. The minimum Gasteiger partial charge on any atom is -0.413 e. The molecule has 4 heteroatoms. The van der Waals surface area contributed by atoms with Gasteiger partial charge in [0.05, 0.1) is 12.2 Å². The molecule has 38 heavy (non-hydrogen) atoms. The van der Waals surface area contributed by atoms with Crippen molar-refractivity contribution in [3.63, 3.8) is 0 Å². The Balaban J connectivity index is 1.22. The van der Waals surface area contributed by atoms with Crippen molar-refractivity contribution < 1.29 is 8.85 Å². The van der Waals surface area contributed by atoms with Crippen LogP contribution in [0.4, 0.5) is 0 Å². The normalized spacial score (nSPS) is 41.2. The molecule has 0 aromatic carbocycles. The van der Waals surface area contributed by atoms with Gasteiger partial charge in [0.1, 0.15) is 0 Å². The Morgan fingerprint density at radius 1 is 0.421 bits per heavy atom. The molecule has 8 aliphatic carbocycles. The van der Waals surface area contributed by atoms with E-state index in [1.54, 1.807) is 0 Å². The highest BCUT2D eigenvalue weighted by atomic mass is 28.4. The third-order valence-corrected chi connectivity index (χ3v) is 26.1. The minimum absolute atomic E-state index is 0.577. The summed E-state index contributed by atoms with van der Waals surface area (Å²) in [7, 11) is -3.61. The molecule has 0 aliphatic heterocycles. The van der Waals surface area contributed by atoms with E-state index in [1.807, 2.05) is 11.1 Å². The first-order valence-electron chi connectivity index (χ1n) is 16.9. The molecule has 8 atom stereocenters. The largest absolute Gasteiger partial charge is 0.413 e. The molecule has 0 heterocycles. The van der Waals surface area contributed by atoms with E-state index in [-0.39, 0.29) is 0 Å². The molecule has 8 saturated carbocycles. The first-order chi connectivity index (χ1) is 17.8. The molecular formula is C34H60O2Si2. The van der Waals surface area contributed by atoms with E-state index in [9.17, 15) is 0 Å². The summed E-state index contributed by atoms with van der Waals surface area (Å²) in [5, 5.41) is 0. The first kappa shape index (κ1) is 28.2. The van der Waals surface area contributed by atoms with Crippen molar-refractivity contribution in [2.75, 3.05) is 0 Å². The highest BCUT2D eigenvalue weighted by molar-refractivity contribution is 6.78. The molecule has 0 spiro atoms. The summed E-state index contributed by atoms with van der Waals surface area (Å²) in [4.78, 5) is 0. The smallest absolute Gasteiger partial charge is 0.200 e. The third-order valence-electron chi connectivity index (χ3n) is 13.9. The van der Waals surface area contributed by atoms with Gasteiger partial charge in [0.15, 0.2) is 0 Å². The first-order valence-corrected chi connectivity index (χ1v) is 21.2. The lowest BCUT2D eigenvalue weighted by Crippen LogP contribution is -2.52. The van der Waals surface area contributed by atoms with Crippen LogP contribution in [-0.2, 0) is 8.85 Å². The van der Waals surface area contributed by atoms with Gasteiger partial charge in [-0.3, -0.25) is 0 Å². The maximum Gasteiger partial charge on any atom is 0.200 e. The molecule has 8 unspecified atom stereocenters. The van der Waals surface area contributed by atoms with Gasteiger partial charge in [-0.1, -0.05) is 94.2 Å². The van der Waals surface area contributed by atoms with Crippen LogP contribution < -0.4 is 0 Å². The van der Waals surface area contributed by atoms with E-state index in [2.05, 4.69) is 83.1 Å². The molecule has 0 aromatic rings. The van der Waals surface area contributed by atoms with Crippen LogP contribution in [0.1, 0.15) is 109 Å². The van der Waals surface area contributed by atoms with Gasteiger partial charge in [-0.05, 0) is 106 Å². The van der Waals surface area contributed by atoms with Gasteiger partial charge in [0.2, 0.25) is 16.6 Å². The van der Waals surface area contributed by atoms with Crippen LogP contribution in [0.3, 0.4) is 0 Å². The predicted molar refractivity (Wildman–Crippen MR) is 165 cm³/mol. The van der Waals surface area contributed by atoms with E-state index in [1.165, 1.54) is 25.7 Å². The fourth-order valence-electron chi connectivity index (χ4n) is 13.1. The fourth-order valence-corrected chi connectivity index (χ4v) is 24.4. The molecule has 0 aromatic heterocycles. The lowest BCUT2D eigenvalue weighted by atomic mass is 9.82. The van der Waals surface area contributed by atoms with E-state index in [4.69, 9.17) is 8.85 Å². The number of hydrogen-bond acceptors (Lipinski definition) is 2. The van der Waals surface area contributed by atoms with Gasteiger partial charge >= 0.3 is 0 Å². The van der Waals surface area contributed by atoms with Crippen molar-refractivity contribution in [3.05, 3.63) is 11.1 Å². The van der Waals surface area contributed by atoms with E-state index < -0.39 is 16.6 Å². The second kappa shape index (κ2) is 9.30. The molecule has 0 amide bonds. The Bertz CT molecular complexity index is 804. The zero-order valence-corrected chi connectivity index (χ0v) is 28.9. The molecule has 8 rings (SSSR count). The van der Waals surface area contributed by atoms with Gasteiger partial charge in [-0.2, -0.15) is 0 Å². The predicted octanol–water partition coefficient (Wildman–Crippen LogP) is 9.98. The van der Waals surface area contributed by atoms with Gasteiger partial charge in [0, 0.05) is 0 Å². The Labute approximate surface area is 237 Å². The van der Waals surface area contributed by atoms with E-state index in [0.717, 1.165) is 47.3 Å². The second-order valence-corrected chi connectivity index (χ2v) is 27.5. The zero-order chi connectivity index (χ0) is 27.6. The average molecular weight is 557 g/mol. The Kier molecular flexibility index (Phi) is 6.91. The summed E-state index contributed by atoms with van der Waals surface area (Å²) in [5.74, 6) is 6.84. The van der Waals surface area contributed by atoms with Gasteiger partial charge < -0.3 is 8.85 Å². The zero-order valence-electron chi connectivity index (χ0n) is 26.9. The van der Waals surface area contributed by atoms with Crippen LogP contribution in [-0.4, -0.2) is 28.8 Å². The molecule has 2 nitrogen and oxygen atoms in total. The molecule has 0 saturated heterocycles. The summed E-state index contributed by atoms with van der Waals surface area (Å²) in [6, 6.07) is 0. The van der Waals surface area contributed by atoms with Crippen molar-refractivity contribution in [2.45, 2.75) is 154 Å². The summed E-state index contributed by atoms with van der Waals surface area (Å²) in [5.41, 5.74) is 8.23. The van der Waals surface area contributed by atoms with Crippen molar-refractivity contribution in [1.82, 2.24) is 0 Å². The quantitative estimate of drug-likeness (QED) is 0.197. The van der Waals surface area contributed by atoms with Gasteiger partial charge in [-0.25, -0.2) is 0 Å². The van der Waals surface area contributed by atoms with Crippen LogP contribution in [0.2, 0.25) is 33.2 Å². The van der Waals surface area contributed by atoms with Gasteiger partial charge in [0.25, 0.3) is 0 Å². The van der Waals surface area contributed by atoms with Crippen LogP contribution in [0, 0.1) is 47.3 Å². The number of hydrogen-bond donors (Lipinski definition) is 0. The van der Waals surface area contributed by atoms with Crippen LogP contribution in [0.25, 0.3) is 0 Å². The molecule has 8 bridgehead atoms. The molecule has 216 valence electrons. The summed E-state index contributed by atoms with van der Waals surface area (Å²) < 4.78 is 15.0. The number of allylic oxidation sites excluding steroid dienone is 2. The highest BCUT2D eigenvalue weighted by Crippen LogP contribution is 2.74. The lowest BCUT2D eigenvalue weighted by molar-refractivity contribution is 0.109. The molecule has 8 fully saturated rings. The topological polar surface area (TPSA) is 18.5 Å². The monoisotopic (exact) mass is 556 g/mol. The second-order valence-electron chi connectivity index (χ2n) is 16.7. The van der Waals surface area contributed by atoms with Crippen molar-refractivity contribution in [3.8, 4) is 0 Å². The van der Waals surface area contributed by atoms with Crippen LogP contribution in [0.5, 0.6) is 0 Å². The van der Waals surface area contributed by atoms with E-state index in [0.29, 0.717) is 45.5 Å². The van der Waals surface area contributed by atoms with Crippen LogP contribution in [0.15, 0.2) is 11.1 Å². The standard InChI is InChI=1S/C34H60O2Si2/c1-17(2)37(18(3)4,19(5)6)35-33-27-13-23-28(33)14-24(27)31(23)32-25-15-29-26(32)16-30(25)34(29)36-38(20(7)8,21(9)10)22(11)12/h17-30,33-34H,13-16H2,1-12H3. The van der Waals surface area contributed by atoms with E-state index >= 15 is 0 Å².